The Kier molecular flexibility index (Phi) is 7.72. The van der Waals surface area contributed by atoms with E-state index in [-0.39, 0.29) is 36.8 Å². The van der Waals surface area contributed by atoms with Crippen molar-refractivity contribution >= 4 is 29.7 Å². The van der Waals surface area contributed by atoms with Gasteiger partial charge < -0.3 is 19.4 Å². The number of nitrogens with zero attached hydrogens (tertiary/aromatic N) is 7. The van der Waals surface area contributed by atoms with Gasteiger partial charge in [0.15, 0.2) is 5.82 Å². The molecule has 0 aliphatic carbocycles. The van der Waals surface area contributed by atoms with Gasteiger partial charge in [0.25, 0.3) is 5.92 Å². The van der Waals surface area contributed by atoms with E-state index in [9.17, 15) is 18.4 Å². The van der Waals surface area contributed by atoms with Gasteiger partial charge in [0.2, 0.25) is 5.95 Å². The van der Waals surface area contributed by atoms with E-state index in [1.165, 1.54) is 31.6 Å². The average Bonchev–Trinajstić information content (AvgIpc) is 2.85. The summed E-state index contributed by atoms with van der Waals surface area (Å²) in [6.07, 6.45) is 3.07. The van der Waals surface area contributed by atoms with Gasteiger partial charge >= 0.3 is 12.1 Å². The summed E-state index contributed by atoms with van der Waals surface area (Å²) < 4.78 is 35.1. The minimum absolute atomic E-state index is 0.0212. The number of carbonyl (C=O) groups excluding carboxylic acids is 2. The number of urea groups is 1. The Morgan fingerprint density at radius 3 is 2.64 bits per heavy atom. The molecule has 0 radical (unpaired) electrons. The Morgan fingerprint density at radius 1 is 1.14 bits per heavy atom. The Morgan fingerprint density at radius 2 is 1.92 bits per heavy atom. The Balaban J connectivity index is 1.39. The standard InChI is InChI=1S/C22H29F2N9O3/c1-31-11-6-15(7-12-31)36-21(35)29-17-5-10-25-19(27-17)33-13-8-22(23,24)16(14-33)32(2)20(34)28-18-4-3-9-26-30-18/h3-5,9-10,15-16H,6-8,11-14H2,1-2H3,(H,28,30,34)(H,25,27,29,35)/t16-/m0/s1. The number of carbonyl (C=O) groups is 2. The molecule has 3 amide bonds. The number of likely N-dealkylation sites (N-methyl/N-ethyl adjacent to an activating group) is 1. The number of ether oxygens (including phenoxy) is 1. The van der Waals surface area contributed by atoms with Crippen LogP contribution in [0.25, 0.3) is 0 Å². The van der Waals surface area contributed by atoms with Gasteiger partial charge in [0.1, 0.15) is 18.0 Å². The minimum Gasteiger partial charge on any atom is -0.446 e. The molecule has 2 saturated heterocycles. The van der Waals surface area contributed by atoms with Crippen LogP contribution in [-0.2, 0) is 4.74 Å². The first-order chi connectivity index (χ1) is 17.2. The number of hydrogen-bond donors (Lipinski definition) is 2. The molecule has 0 unspecified atom stereocenters. The Bertz CT molecular complexity index is 1050. The van der Waals surface area contributed by atoms with E-state index < -0.39 is 30.5 Å². The van der Waals surface area contributed by atoms with Crippen molar-refractivity contribution < 1.29 is 23.1 Å². The van der Waals surface area contributed by atoms with Crippen molar-refractivity contribution in [3.8, 4) is 0 Å². The van der Waals surface area contributed by atoms with Crippen LogP contribution in [0.15, 0.2) is 30.6 Å². The zero-order chi connectivity index (χ0) is 25.7. The number of likely N-dealkylation sites (tertiary alicyclic amines) is 1. The van der Waals surface area contributed by atoms with Gasteiger partial charge in [0.05, 0.1) is 0 Å². The molecule has 36 heavy (non-hydrogen) atoms. The van der Waals surface area contributed by atoms with Crippen LogP contribution >= 0.6 is 0 Å². The van der Waals surface area contributed by atoms with Crippen molar-refractivity contribution in [3.05, 3.63) is 30.6 Å². The average molecular weight is 506 g/mol. The number of nitrogens with one attached hydrogen (secondary N) is 2. The zero-order valence-corrected chi connectivity index (χ0v) is 20.1. The van der Waals surface area contributed by atoms with Crippen LogP contribution in [0.2, 0.25) is 0 Å². The molecule has 1 atom stereocenters. The highest BCUT2D eigenvalue weighted by Gasteiger charge is 2.48. The number of amides is 3. The van der Waals surface area contributed by atoms with Crippen LogP contribution in [-0.4, -0.2) is 100 Å². The second kappa shape index (κ2) is 10.9. The molecule has 2 aliphatic rings. The summed E-state index contributed by atoms with van der Waals surface area (Å²) in [6, 6.07) is 2.39. The molecule has 2 aliphatic heterocycles. The third kappa shape index (κ3) is 6.30. The normalized spacial score (nSPS) is 20.4. The van der Waals surface area contributed by atoms with Gasteiger partial charge in [-0.15, -0.1) is 5.10 Å². The number of alkyl halides is 2. The number of rotatable bonds is 5. The molecule has 12 nitrogen and oxygen atoms in total. The molecule has 2 N–H and O–H groups in total. The molecule has 2 aromatic rings. The molecule has 0 saturated carbocycles. The maximum atomic E-state index is 14.8. The van der Waals surface area contributed by atoms with Crippen LogP contribution in [0.1, 0.15) is 19.3 Å². The second-order valence-corrected chi connectivity index (χ2v) is 8.90. The van der Waals surface area contributed by atoms with Gasteiger partial charge in [-0.1, -0.05) is 0 Å². The quantitative estimate of drug-likeness (QED) is 0.629. The van der Waals surface area contributed by atoms with Gasteiger partial charge in [-0.25, -0.2) is 23.4 Å². The van der Waals surface area contributed by atoms with Crippen molar-refractivity contribution in [2.24, 2.45) is 0 Å². The SMILES string of the molecule is CN1CCC(OC(=O)Nc2ccnc(N3CCC(F)(F)[C@@H](N(C)C(=O)Nc4cccnn4)C3)n2)CC1. The van der Waals surface area contributed by atoms with Crippen LogP contribution in [0, 0.1) is 0 Å². The zero-order valence-electron chi connectivity index (χ0n) is 20.1. The van der Waals surface area contributed by atoms with Crippen molar-refractivity contribution in [1.29, 1.82) is 0 Å². The fourth-order valence-electron chi connectivity index (χ4n) is 4.14. The fourth-order valence-corrected chi connectivity index (χ4v) is 4.14. The van der Waals surface area contributed by atoms with E-state index in [0.29, 0.717) is 0 Å². The summed E-state index contributed by atoms with van der Waals surface area (Å²) in [5, 5.41) is 12.5. The van der Waals surface area contributed by atoms with E-state index in [1.54, 1.807) is 11.0 Å². The molecule has 4 rings (SSSR count). The first-order valence-corrected chi connectivity index (χ1v) is 11.6. The summed E-state index contributed by atoms with van der Waals surface area (Å²) in [5.74, 6) is -2.62. The lowest BCUT2D eigenvalue weighted by Gasteiger charge is -2.42. The maximum absolute atomic E-state index is 14.8. The van der Waals surface area contributed by atoms with Gasteiger partial charge in [0, 0.05) is 52.0 Å². The third-order valence-corrected chi connectivity index (χ3v) is 6.29. The summed E-state index contributed by atoms with van der Waals surface area (Å²) in [4.78, 5) is 38.1. The molecule has 14 heteroatoms. The molecule has 2 aromatic heterocycles. The van der Waals surface area contributed by atoms with Crippen molar-refractivity contribution in [3.63, 3.8) is 0 Å². The number of halogens is 2. The summed E-state index contributed by atoms with van der Waals surface area (Å²) in [5.41, 5.74) is 0. The first kappa shape index (κ1) is 25.4. The molecule has 194 valence electrons. The van der Waals surface area contributed by atoms with E-state index in [2.05, 4.69) is 35.7 Å². The highest BCUT2D eigenvalue weighted by atomic mass is 19.3. The minimum atomic E-state index is -3.13. The van der Waals surface area contributed by atoms with E-state index in [1.807, 2.05) is 7.05 Å². The molecular weight excluding hydrogens is 476 g/mol. The number of anilines is 3. The summed E-state index contributed by atoms with van der Waals surface area (Å²) in [6.45, 7) is 1.47. The van der Waals surface area contributed by atoms with Crippen molar-refractivity contribution in [1.82, 2.24) is 30.0 Å². The van der Waals surface area contributed by atoms with Gasteiger partial charge in [-0.2, -0.15) is 10.1 Å². The summed E-state index contributed by atoms with van der Waals surface area (Å²) >= 11 is 0. The second-order valence-electron chi connectivity index (χ2n) is 8.90. The fraction of sp³-hybridized carbons (Fsp3) is 0.545. The molecule has 0 aromatic carbocycles. The Labute approximate surface area is 207 Å². The lowest BCUT2D eigenvalue weighted by molar-refractivity contribution is -0.0760. The largest absolute Gasteiger partial charge is 0.446 e. The van der Waals surface area contributed by atoms with Crippen molar-refractivity contribution in [2.45, 2.75) is 37.3 Å². The van der Waals surface area contributed by atoms with E-state index in [0.717, 1.165) is 30.8 Å². The first-order valence-electron chi connectivity index (χ1n) is 11.6. The smallest absolute Gasteiger partial charge is 0.413 e. The number of hydrogen-bond acceptors (Lipinski definition) is 9. The van der Waals surface area contributed by atoms with Gasteiger partial charge in [-0.05, 0) is 38.1 Å². The predicted octanol–water partition coefficient (Wildman–Crippen LogP) is 2.29. The third-order valence-electron chi connectivity index (χ3n) is 6.29. The van der Waals surface area contributed by atoms with Gasteiger partial charge in [-0.3, -0.25) is 10.6 Å². The van der Waals surface area contributed by atoms with Crippen LogP contribution < -0.4 is 15.5 Å². The lowest BCUT2D eigenvalue weighted by Crippen LogP contribution is -2.60. The summed E-state index contributed by atoms with van der Waals surface area (Å²) in [7, 11) is 3.31. The predicted molar refractivity (Wildman–Crippen MR) is 127 cm³/mol. The molecule has 0 spiro atoms. The highest BCUT2D eigenvalue weighted by Crippen LogP contribution is 2.33. The van der Waals surface area contributed by atoms with Crippen LogP contribution in [0.3, 0.4) is 0 Å². The molecule has 0 bridgehead atoms. The highest BCUT2D eigenvalue weighted by molar-refractivity contribution is 5.88. The monoisotopic (exact) mass is 505 g/mol. The van der Waals surface area contributed by atoms with Crippen LogP contribution in [0.5, 0.6) is 0 Å². The molecule has 2 fully saturated rings. The molecular formula is C22H29F2N9O3. The molecule has 4 heterocycles. The van der Waals surface area contributed by atoms with Crippen LogP contribution in [0.4, 0.5) is 36.0 Å². The van der Waals surface area contributed by atoms with E-state index in [4.69, 9.17) is 4.74 Å². The topological polar surface area (TPSA) is 129 Å². The Hall–Kier alpha value is -3.68. The van der Waals surface area contributed by atoms with Crippen molar-refractivity contribution in [2.75, 3.05) is 55.8 Å². The number of aromatic nitrogens is 4. The number of piperidine rings is 2. The lowest BCUT2D eigenvalue weighted by atomic mass is 10.00. The maximum Gasteiger partial charge on any atom is 0.413 e. The van der Waals surface area contributed by atoms with E-state index >= 15 is 0 Å².